The first kappa shape index (κ1) is 19.7. The zero-order valence-corrected chi connectivity index (χ0v) is 14.7. The molecule has 0 aromatic heterocycles. The van der Waals surface area contributed by atoms with Gasteiger partial charge in [0.2, 0.25) is 15.9 Å². The first-order valence-electron chi connectivity index (χ1n) is 7.89. The first-order valence-corrected chi connectivity index (χ1v) is 9.54. The third-order valence-corrected chi connectivity index (χ3v) is 5.81. The van der Waals surface area contributed by atoms with Gasteiger partial charge in [0, 0.05) is 18.6 Å². The summed E-state index contributed by atoms with van der Waals surface area (Å²) in [6.07, 6.45) is 5.92. The lowest BCUT2D eigenvalue weighted by Crippen LogP contribution is -2.47. The average molecular weight is 354 g/mol. The van der Waals surface area contributed by atoms with Gasteiger partial charge in [-0.2, -0.15) is 0 Å². The van der Waals surface area contributed by atoms with Crippen molar-refractivity contribution in [3.05, 3.63) is 0 Å². The molecule has 0 bridgehead atoms. The summed E-state index contributed by atoms with van der Waals surface area (Å²) in [6.45, 7) is 2.55. The van der Waals surface area contributed by atoms with Gasteiger partial charge < -0.3 is 11.1 Å². The highest BCUT2D eigenvalue weighted by atomic mass is 35.5. The van der Waals surface area contributed by atoms with E-state index in [-0.39, 0.29) is 24.5 Å². The van der Waals surface area contributed by atoms with Crippen LogP contribution in [0.15, 0.2) is 0 Å². The Kier molecular flexibility index (Phi) is 7.58. The van der Waals surface area contributed by atoms with Crippen LogP contribution in [0.2, 0.25) is 0 Å². The fourth-order valence-corrected chi connectivity index (χ4v) is 4.22. The van der Waals surface area contributed by atoms with E-state index in [0.717, 1.165) is 38.5 Å². The number of carbonyl (C=O) groups excluding carboxylic acids is 1. The van der Waals surface area contributed by atoms with E-state index >= 15 is 0 Å². The van der Waals surface area contributed by atoms with Gasteiger partial charge in [-0.15, -0.1) is 12.4 Å². The predicted octanol–water partition coefficient (Wildman–Crippen LogP) is 0.760. The zero-order valence-electron chi connectivity index (χ0n) is 13.1. The van der Waals surface area contributed by atoms with E-state index in [0.29, 0.717) is 18.4 Å². The first-order chi connectivity index (χ1) is 9.89. The lowest BCUT2D eigenvalue weighted by atomic mass is 9.88. The zero-order chi connectivity index (χ0) is 15.5. The topological polar surface area (TPSA) is 101 Å². The molecule has 2 saturated carbocycles. The molecule has 0 aromatic rings. The summed E-state index contributed by atoms with van der Waals surface area (Å²) in [6, 6.07) is -0.101. The lowest BCUT2D eigenvalue weighted by Gasteiger charge is -2.26. The van der Waals surface area contributed by atoms with Gasteiger partial charge in [0.25, 0.3) is 0 Å². The Morgan fingerprint density at radius 2 is 1.77 bits per heavy atom. The van der Waals surface area contributed by atoms with E-state index in [9.17, 15) is 13.2 Å². The normalized spacial score (nSPS) is 26.8. The molecule has 0 spiro atoms. The Morgan fingerprint density at radius 1 is 1.18 bits per heavy atom. The van der Waals surface area contributed by atoms with Gasteiger partial charge >= 0.3 is 0 Å². The van der Waals surface area contributed by atoms with Crippen LogP contribution in [-0.2, 0) is 14.8 Å². The maximum Gasteiger partial charge on any atom is 0.236 e. The number of rotatable bonds is 7. The highest BCUT2D eigenvalue weighted by molar-refractivity contribution is 7.90. The van der Waals surface area contributed by atoms with E-state index in [2.05, 4.69) is 17.0 Å². The van der Waals surface area contributed by atoms with Crippen LogP contribution >= 0.6 is 12.4 Å². The Hall–Kier alpha value is -0.370. The highest BCUT2D eigenvalue weighted by Gasteiger charge is 2.32. The van der Waals surface area contributed by atoms with Crippen LogP contribution in [-0.4, -0.2) is 38.7 Å². The molecule has 2 rings (SSSR count). The summed E-state index contributed by atoms with van der Waals surface area (Å²) in [4.78, 5) is 11.9. The number of carbonyl (C=O) groups is 1. The van der Waals surface area contributed by atoms with Crippen molar-refractivity contribution < 1.29 is 13.2 Å². The molecule has 8 heteroatoms. The van der Waals surface area contributed by atoms with Crippen molar-refractivity contribution in [1.29, 1.82) is 0 Å². The monoisotopic (exact) mass is 353 g/mol. The summed E-state index contributed by atoms with van der Waals surface area (Å²) in [7, 11) is -3.56. The van der Waals surface area contributed by atoms with Crippen molar-refractivity contribution >= 4 is 28.3 Å². The van der Waals surface area contributed by atoms with E-state index in [1.807, 2.05) is 0 Å². The van der Waals surface area contributed by atoms with Crippen LogP contribution in [0.4, 0.5) is 0 Å². The molecule has 2 aliphatic carbocycles. The smallest absolute Gasteiger partial charge is 0.236 e. The van der Waals surface area contributed by atoms with Crippen molar-refractivity contribution in [3.63, 3.8) is 0 Å². The fraction of sp³-hybridized carbons (Fsp3) is 0.929. The molecule has 0 saturated heterocycles. The number of hydrogen-bond acceptors (Lipinski definition) is 4. The maximum atomic E-state index is 12.0. The van der Waals surface area contributed by atoms with Gasteiger partial charge in [-0.1, -0.05) is 6.92 Å². The highest BCUT2D eigenvalue weighted by Crippen LogP contribution is 2.32. The van der Waals surface area contributed by atoms with Crippen LogP contribution in [0.1, 0.15) is 45.4 Å². The second-order valence-electron chi connectivity index (χ2n) is 6.58. The molecule has 0 heterocycles. The molecular weight excluding hydrogens is 326 g/mol. The number of amides is 1. The van der Waals surface area contributed by atoms with Gasteiger partial charge in [-0.25, -0.2) is 13.1 Å². The average Bonchev–Trinajstić information content (AvgIpc) is 3.22. The Labute approximate surface area is 139 Å². The molecule has 1 unspecified atom stereocenters. The van der Waals surface area contributed by atoms with E-state index < -0.39 is 21.7 Å². The number of halogens is 1. The van der Waals surface area contributed by atoms with Crippen molar-refractivity contribution in [2.45, 2.75) is 57.5 Å². The Morgan fingerprint density at radius 3 is 2.27 bits per heavy atom. The number of sulfonamides is 1. The summed E-state index contributed by atoms with van der Waals surface area (Å²) in [5.41, 5.74) is 5.61. The summed E-state index contributed by atoms with van der Waals surface area (Å²) in [5, 5.41) is 2.75. The predicted molar refractivity (Wildman–Crippen MR) is 89.3 cm³/mol. The van der Waals surface area contributed by atoms with Gasteiger partial charge in [-0.3, -0.25) is 4.79 Å². The summed E-state index contributed by atoms with van der Waals surface area (Å²) >= 11 is 0. The minimum Gasteiger partial charge on any atom is -0.351 e. The van der Waals surface area contributed by atoms with Gasteiger partial charge in [0.1, 0.15) is 5.75 Å². The molecule has 130 valence electrons. The molecule has 0 aliphatic heterocycles. The number of hydrogen-bond donors (Lipinski definition) is 3. The largest absolute Gasteiger partial charge is 0.351 e. The number of nitrogens with two attached hydrogens (primary N) is 1. The van der Waals surface area contributed by atoms with Crippen LogP contribution in [0.3, 0.4) is 0 Å². The van der Waals surface area contributed by atoms with Crippen LogP contribution in [0, 0.1) is 11.8 Å². The minimum atomic E-state index is -3.56. The molecule has 4 N–H and O–H groups in total. The molecule has 22 heavy (non-hydrogen) atoms. The standard InChI is InChI=1S/C14H27N3O3S.ClH/c1-10-2-6-12(7-3-10)17-21(19,20)9-14(18)16-13(8-15)11-4-5-11;/h10-13,17H,2-9,15H2,1H3,(H,16,18);1H. The fourth-order valence-electron chi connectivity index (χ4n) is 2.96. The van der Waals surface area contributed by atoms with Crippen LogP contribution in [0.25, 0.3) is 0 Å². The SMILES string of the molecule is CC1CCC(NS(=O)(=O)CC(=O)NC(CN)C2CC2)CC1.Cl. The second-order valence-corrected chi connectivity index (χ2v) is 8.33. The van der Waals surface area contributed by atoms with Crippen molar-refractivity contribution in [2.24, 2.45) is 17.6 Å². The Bertz CT molecular complexity index is 460. The molecule has 6 nitrogen and oxygen atoms in total. The van der Waals surface area contributed by atoms with Crippen molar-refractivity contribution in [3.8, 4) is 0 Å². The van der Waals surface area contributed by atoms with E-state index in [4.69, 9.17) is 5.73 Å². The van der Waals surface area contributed by atoms with Crippen molar-refractivity contribution in [2.75, 3.05) is 12.3 Å². The van der Waals surface area contributed by atoms with Gasteiger partial charge in [-0.05, 0) is 50.4 Å². The number of nitrogens with one attached hydrogen (secondary N) is 2. The summed E-state index contributed by atoms with van der Waals surface area (Å²) < 4.78 is 26.7. The molecule has 2 fully saturated rings. The molecule has 2 aliphatic rings. The molecule has 0 radical (unpaired) electrons. The second kappa shape index (κ2) is 8.47. The molecule has 1 amide bonds. The third-order valence-electron chi connectivity index (χ3n) is 4.47. The third kappa shape index (κ3) is 6.40. The summed E-state index contributed by atoms with van der Waals surface area (Å²) in [5.74, 6) is 0.142. The Balaban J connectivity index is 0.00000242. The van der Waals surface area contributed by atoms with E-state index in [1.165, 1.54) is 0 Å². The van der Waals surface area contributed by atoms with Gasteiger partial charge in [0.05, 0.1) is 0 Å². The molecular formula is C14H28ClN3O3S. The van der Waals surface area contributed by atoms with Gasteiger partial charge in [0.15, 0.2) is 0 Å². The quantitative estimate of drug-likeness (QED) is 0.628. The van der Waals surface area contributed by atoms with E-state index in [1.54, 1.807) is 0 Å². The minimum absolute atomic E-state index is 0. The lowest BCUT2D eigenvalue weighted by molar-refractivity contribution is -0.119. The van der Waals surface area contributed by atoms with Crippen LogP contribution < -0.4 is 15.8 Å². The van der Waals surface area contributed by atoms with Crippen LogP contribution in [0.5, 0.6) is 0 Å². The maximum absolute atomic E-state index is 12.0. The molecule has 0 aromatic carbocycles. The molecule has 1 atom stereocenters. The van der Waals surface area contributed by atoms with Crippen molar-refractivity contribution in [1.82, 2.24) is 10.0 Å².